The first-order valence-electron chi connectivity index (χ1n) is 9.72. The van der Waals surface area contributed by atoms with Gasteiger partial charge in [0.05, 0.1) is 17.6 Å². The number of benzene rings is 1. The smallest absolute Gasteiger partial charge is 0.465 e. The lowest BCUT2D eigenvalue weighted by Gasteiger charge is -2.22. The summed E-state index contributed by atoms with van der Waals surface area (Å²) >= 11 is 3.53. The molecule has 0 fully saturated rings. The molecule has 35 heavy (non-hydrogen) atoms. The second-order valence-electron chi connectivity index (χ2n) is 7.49. The Morgan fingerprint density at radius 1 is 1.11 bits per heavy atom. The highest BCUT2D eigenvalue weighted by Crippen LogP contribution is 2.42. The number of carbonyl (C=O) groups excluding carboxylic acids is 1. The van der Waals surface area contributed by atoms with E-state index in [1.165, 1.54) is 12.1 Å². The van der Waals surface area contributed by atoms with E-state index in [1.54, 1.807) is 13.8 Å². The summed E-state index contributed by atoms with van der Waals surface area (Å²) in [5.74, 6) is -3.00. The first kappa shape index (κ1) is 29.1. The van der Waals surface area contributed by atoms with Crippen LogP contribution in [0.25, 0.3) is 0 Å². The van der Waals surface area contributed by atoms with Gasteiger partial charge >= 0.3 is 18.5 Å². The Morgan fingerprint density at radius 2 is 1.74 bits per heavy atom. The number of hydrogen-bond acceptors (Lipinski definition) is 5. The van der Waals surface area contributed by atoms with Gasteiger partial charge in [-0.05, 0) is 41.7 Å². The second kappa shape index (κ2) is 11.3. The van der Waals surface area contributed by atoms with Crippen LogP contribution in [-0.4, -0.2) is 24.4 Å². The molecule has 4 nitrogen and oxygen atoms in total. The molecule has 0 aliphatic heterocycles. The summed E-state index contributed by atoms with van der Waals surface area (Å²) in [6, 6.07) is 3.52. The molecule has 0 saturated heterocycles. The standard InChI is InChI=1S/C21H18BrF8NO3S/c1-9(2)6-11-12(8-35-14-5-4-10(22)7-13(14)34-21(28,29)30)17(20(25,26)27)31-16(18(23)24)15(11)19(32)33-3/h4-5,7,9,18H,6,8H2,1-3H3. The van der Waals surface area contributed by atoms with Gasteiger partial charge in [-0.1, -0.05) is 29.8 Å². The number of thioether (sulfide) groups is 1. The van der Waals surface area contributed by atoms with E-state index in [4.69, 9.17) is 0 Å². The summed E-state index contributed by atoms with van der Waals surface area (Å²) in [5.41, 5.74) is -4.78. The normalized spacial score (nSPS) is 12.4. The zero-order chi connectivity index (χ0) is 26.7. The van der Waals surface area contributed by atoms with Crippen molar-refractivity contribution in [1.29, 1.82) is 0 Å². The number of ether oxygens (including phenoxy) is 2. The molecular weight excluding hydrogens is 578 g/mol. The van der Waals surface area contributed by atoms with E-state index in [0.29, 0.717) is 11.8 Å². The Hall–Kier alpha value is -2.09. The molecule has 0 aliphatic rings. The maximum atomic E-state index is 13.9. The fraction of sp³-hybridized carbons (Fsp3) is 0.429. The van der Waals surface area contributed by atoms with Crippen LogP contribution in [0.2, 0.25) is 0 Å². The van der Waals surface area contributed by atoms with Crippen molar-refractivity contribution in [3.8, 4) is 5.75 Å². The predicted octanol–water partition coefficient (Wildman–Crippen LogP) is 7.98. The Morgan fingerprint density at radius 3 is 2.23 bits per heavy atom. The Bertz CT molecular complexity index is 1070. The Labute approximate surface area is 207 Å². The van der Waals surface area contributed by atoms with Crippen molar-refractivity contribution < 1.29 is 49.4 Å². The molecule has 0 radical (unpaired) electrons. The number of methoxy groups -OCH3 is 1. The number of aromatic nitrogens is 1. The molecule has 0 bridgehead atoms. The number of nitrogens with zero attached hydrogens (tertiary/aromatic N) is 1. The number of esters is 1. The van der Waals surface area contributed by atoms with Crippen LogP contribution in [-0.2, 0) is 23.1 Å². The van der Waals surface area contributed by atoms with Crippen molar-refractivity contribution in [2.24, 2.45) is 5.92 Å². The molecule has 0 saturated carbocycles. The fourth-order valence-corrected chi connectivity index (χ4v) is 4.52. The molecule has 14 heteroatoms. The van der Waals surface area contributed by atoms with E-state index >= 15 is 0 Å². The van der Waals surface area contributed by atoms with Gasteiger partial charge in [-0.3, -0.25) is 0 Å². The fourth-order valence-electron chi connectivity index (χ4n) is 3.16. The minimum Gasteiger partial charge on any atom is -0.465 e. The second-order valence-corrected chi connectivity index (χ2v) is 9.43. The van der Waals surface area contributed by atoms with Gasteiger partial charge in [-0.2, -0.15) is 13.2 Å². The molecule has 194 valence electrons. The maximum absolute atomic E-state index is 13.9. The van der Waals surface area contributed by atoms with Gasteiger partial charge in [0.2, 0.25) is 0 Å². The van der Waals surface area contributed by atoms with Gasteiger partial charge in [0.1, 0.15) is 17.1 Å². The van der Waals surface area contributed by atoms with Crippen LogP contribution in [0.15, 0.2) is 27.6 Å². The van der Waals surface area contributed by atoms with Gasteiger partial charge in [0.25, 0.3) is 6.43 Å². The van der Waals surface area contributed by atoms with Crippen LogP contribution in [0.5, 0.6) is 5.75 Å². The van der Waals surface area contributed by atoms with E-state index < -0.39 is 59.0 Å². The minimum atomic E-state index is -5.19. The molecule has 0 aliphatic carbocycles. The van der Waals surface area contributed by atoms with Crippen molar-refractivity contribution in [3.05, 3.63) is 50.8 Å². The lowest BCUT2D eigenvalue weighted by atomic mass is 9.91. The summed E-state index contributed by atoms with van der Waals surface area (Å²) in [4.78, 5) is 15.2. The Balaban J connectivity index is 2.74. The SMILES string of the molecule is COC(=O)c1c(C(F)F)nc(C(F)(F)F)c(CSc2ccc(Br)cc2OC(F)(F)F)c1CC(C)C. The zero-order valence-electron chi connectivity index (χ0n) is 18.3. The summed E-state index contributed by atoms with van der Waals surface area (Å²) in [6.07, 6.45) is -14.0. The van der Waals surface area contributed by atoms with E-state index in [9.17, 15) is 39.9 Å². The number of pyridine rings is 1. The first-order chi connectivity index (χ1) is 16.0. The van der Waals surface area contributed by atoms with Crippen LogP contribution in [0, 0.1) is 5.92 Å². The van der Waals surface area contributed by atoms with Crippen molar-refractivity contribution in [1.82, 2.24) is 4.98 Å². The summed E-state index contributed by atoms with van der Waals surface area (Å²) in [6.45, 7) is 3.19. The van der Waals surface area contributed by atoms with E-state index in [1.807, 2.05) is 0 Å². The third-order valence-electron chi connectivity index (χ3n) is 4.42. The lowest BCUT2D eigenvalue weighted by Crippen LogP contribution is -2.22. The molecule has 0 unspecified atom stereocenters. The monoisotopic (exact) mass is 595 g/mol. The average Bonchev–Trinajstić information content (AvgIpc) is 2.70. The van der Waals surface area contributed by atoms with Crippen LogP contribution < -0.4 is 4.74 Å². The molecule has 2 rings (SSSR count). The van der Waals surface area contributed by atoms with Crippen LogP contribution in [0.1, 0.15) is 53.1 Å². The molecule has 1 heterocycles. The summed E-state index contributed by atoms with van der Waals surface area (Å²) in [5, 5.41) is 0. The number of hydrogen-bond donors (Lipinski definition) is 0. The van der Waals surface area contributed by atoms with Crippen LogP contribution >= 0.6 is 27.7 Å². The topological polar surface area (TPSA) is 48.4 Å². The number of halogens is 9. The van der Waals surface area contributed by atoms with Crippen LogP contribution in [0.3, 0.4) is 0 Å². The number of alkyl halides is 8. The van der Waals surface area contributed by atoms with Crippen LogP contribution in [0.4, 0.5) is 35.1 Å². The lowest BCUT2D eigenvalue weighted by molar-refractivity contribution is -0.275. The molecule has 0 N–H and O–H groups in total. The van der Waals surface area contributed by atoms with Gasteiger partial charge in [-0.25, -0.2) is 18.6 Å². The van der Waals surface area contributed by atoms with Gasteiger partial charge in [0.15, 0.2) is 0 Å². The average molecular weight is 596 g/mol. The molecule has 0 spiro atoms. The molecule has 2 aromatic rings. The van der Waals surface area contributed by atoms with E-state index in [0.717, 1.165) is 13.2 Å². The van der Waals surface area contributed by atoms with Crippen molar-refractivity contribution in [2.75, 3.05) is 7.11 Å². The van der Waals surface area contributed by atoms with E-state index in [2.05, 4.69) is 30.4 Å². The van der Waals surface area contributed by atoms with Crippen molar-refractivity contribution >= 4 is 33.7 Å². The third kappa shape index (κ3) is 7.69. The largest absolute Gasteiger partial charge is 0.573 e. The predicted molar refractivity (Wildman–Crippen MR) is 114 cm³/mol. The van der Waals surface area contributed by atoms with Crippen molar-refractivity contribution in [3.63, 3.8) is 0 Å². The number of carbonyl (C=O) groups is 1. The Kier molecular flexibility index (Phi) is 9.42. The van der Waals surface area contributed by atoms with Gasteiger partial charge in [0, 0.05) is 10.2 Å². The summed E-state index contributed by atoms with van der Waals surface area (Å²) in [7, 11) is 0.880. The molecule has 0 atom stereocenters. The quantitative estimate of drug-likeness (QED) is 0.176. The highest BCUT2D eigenvalue weighted by Gasteiger charge is 2.41. The third-order valence-corrected chi connectivity index (χ3v) is 6.00. The minimum absolute atomic E-state index is 0.174. The molecule has 0 amide bonds. The molecule has 1 aromatic carbocycles. The van der Waals surface area contributed by atoms with Gasteiger partial charge < -0.3 is 9.47 Å². The maximum Gasteiger partial charge on any atom is 0.573 e. The zero-order valence-corrected chi connectivity index (χ0v) is 20.7. The summed E-state index contributed by atoms with van der Waals surface area (Å²) < 4.78 is 116. The highest BCUT2D eigenvalue weighted by atomic mass is 79.9. The molecule has 1 aromatic heterocycles. The van der Waals surface area contributed by atoms with Gasteiger partial charge in [-0.15, -0.1) is 24.9 Å². The first-order valence-corrected chi connectivity index (χ1v) is 11.5. The highest BCUT2D eigenvalue weighted by molar-refractivity contribution is 9.10. The van der Waals surface area contributed by atoms with E-state index in [-0.39, 0.29) is 27.3 Å². The number of rotatable bonds is 8. The molecular formula is C21H18BrF8NO3S. The van der Waals surface area contributed by atoms with Crippen molar-refractivity contribution in [2.45, 2.75) is 49.9 Å².